The lowest BCUT2D eigenvalue weighted by Crippen LogP contribution is -2.28. The van der Waals surface area contributed by atoms with Gasteiger partial charge in [-0.05, 0) is 25.1 Å². The van der Waals surface area contributed by atoms with Crippen LogP contribution in [0.1, 0.15) is 5.56 Å². The molecule has 0 aliphatic heterocycles. The van der Waals surface area contributed by atoms with Gasteiger partial charge in [-0.3, -0.25) is 0 Å². The molecule has 0 saturated heterocycles. The molecule has 148 valence electrons. The Bertz CT molecular complexity index is 1220. The van der Waals surface area contributed by atoms with E-state index in [-0.39, 0.29) is 18.0 Å². The molecule has 0 unspecified atom stereocenters. The minimum absolute atomic E-state index is 0.115. The van der Waals surface area contributed by atoms with Crippen LogP contribution >= 0.6 is 0 Å². The van der Waals surface area contributed by atoms with Crippen molar-refractivity contribution in [2.24, 2.45) is 0 Å². The lowest BCUT2D eigenvalue weighted by atomic mass is 10.2. The van der Waals surface area contributed by atoms with Gasteiger partial charge in [0.15, 0.2) is 11.5 Å². The van der Waals surface area contributed by atoms with Crippen molar-refractivity contribution in [3.05, 3.63) is 72.3 Å². The number of nitrogens with one attached hydrogen (secondary N) is 1. The zero-order valence-corrected chi connectivity index (χ0v) is 16.5. The molecule has 4 rings (SSSR count). The molecule has 0 aliphatic carbocycles. The van der Waals surface area contributed by atoms with Gasteiger partial charge in [-0.25, -0.2) is 13.1 Å². The Balaban J connectivity index is 1.42. The van der Waals surface area contributed by atoms with Crippen LogP contribution in [0.2, 0.25) is 0 Å². The van der Waals surface area contributed by atoms with E-state index in [0.717, 1.165) is 11.1 Å². The first-order valence-electron chi connectivity index (χ1n) is 9.00. The van der Waals surface area contributed by atoms with E-state index in [9.17, 15) is 8.42 Å². The Kier molecular flexibility index (Phi) is 5.24. The van der Waals surface area contributed by atoms with Gasteiger partial charge in [0.1, 0.15) is 6.61 Å². The van der Waals surface area contributed by atoms with E-state index in [1.54, 1.807) is 40.9 Å². The van der Waals surface area contributed by atoms with Gasteiger partial charge in [0.2, 0.25) is 15.9 Å². The van der Waals surface area contributed by atoms with Gasteiger partial charge in [-0.2, -0.15) is 4.52 Å². The molecular weight excluding hydrogens is 390 g/mol. The lowest BCUT2D eigenvalue weighted by Gasteiger charge is -2.08. The summed E-state index contributed by atoms with van der Waals surface area (Å²) in [7, 11) is -3.58. The van der Waals surface area contributed by atoms with Crippen LogP contribution in [0.4, 0.5) is 0 Å². The van der Waals surface area contributed by atoms with Crippen LogP contribution in [0.15, 0.2) is 71.6 Å². The smallest absolute Gasteiger partial charge is 0.240 e. The number of fused-ring (bicyclic) bond motifs is 1. The van der Waals surface area contributed by atoms with E-state index in [4.69, 9.17) is 4.74 Å². The second-order valence-electron chi connectivity index (χ2n) is 6.39. The van der Waals surface area contributed by atoms with E-state index >= 15 is 0 Å². The van der Waals surface area contributed by atoms with E-state index in [2.05, 4.69) is 20.0 Å². The van der Waals surface area contributed by atoms with Gasteiger partial charge >= 0.3 is 0 Å². The molecule has 0 atom stereocenters. The Morgan fingerprint density at radius 3 is 2.48 bits per heavy atom. The molecular formula is C20H19N5O3S. The average Bonchev–Trinajstić information content (AvgIpc) is 3.15. The second-order valence-corrected chi connectivity index (χ2v) is 8.16. The predicted octanol–water partition coefficient (Wildman–Crippen LogP) is 2.46. The zero-order chi connectivity index (χ0) is 20.3. The standard InChI is InChI=1S/C20H19N5O3S/c1-15-7-9-17(10-8-15)29(26,27)21-13-14-28-19-12-11-18-22-23-20(25(18)24-19)16-5-3-2-4-6-16/h2-12,21H,13-14H2,1H3. The third-order valence-corrected chi connectivity index (χ3v) is 5.72. The summed E-state index contributed by atoms with van der Waals surface area (Å²) in [6, 6.07) is 19.7. The summed E-state index contributed by atoms with van der Waals surface area (Å²) in [5.74, 6) is 0.954. The summed E-state index contributed by atoms with van der Waals surface area (Å²) in [6.07, 6.45) is 0. The number of hydrogen-bond donors (Lipinski definition) is 1. The van der Waals surface area contributed by atoms with E-state index < -0.39 is 10.0 Å². The van der Waals surface area contributed by atoms with Crippen LogP contribution < -0.4 is 9.46 Å². The van der Waals surface area contributed by atoms with Crippen molar-refractivity contribution < 1.29 is 13.2 Å². The molecule has 0 saturated carbocycles. The summed E-state index contributed by atoms with van der Waals surface area (Å²) in [6.45, 7) is 2.15. The number of benzene rings is 2. The minimum atomic E-state index is -3.58. The topological polar surface area (TPSA) is 98.5 Å². The maximum Gasteiger partial charge on any atom is 0.240 e. The summed E-state index contributed by atoms with van der Waals surface area (Å²) in [5, 5.41) is 12.7. The van der Waals surface area contributed by atoms with E-state index in [1.165, 1.54) is 0 Å². The highest BCUT2D eigenvalue weighted by atomic mass is 32.2. The predicted molar refractivity (Wildman–Crippen MR) is 108 cm³/mol. The fourth-order valence-corrected chi connectivity index (χ4v) is 3.76. The molecule has 9 heteroatoms. The largest absolute Gasteiger partial charge is 0.475 e. The van der Waals surface area contributed by atoms with Gasteiger partial charge in [-0.1, -0.05) is 48.0 Å². The van der Waals surface area contributed by atoms with Gasteiger partial charge in [0, 0.05) is 18.2 Å². The molecule has 8 nitrogen and oxygen atoms in total. The maximum atomic E-state index is 12.3. The number of sulfonamides is 1. The molecule has 4 aromatic rings. The molecule has 29 heavy (non-hydrogen) atoms. The molecule has 2 aromatic heterocycles. The van der Waals surface area contributed by atoms with Gasteiger partial charge in [0.25, 0.3) is 0 Å². The van der Waals surface area contributed by atoms with Crippen LogP contribution in [-0.4, -0.2) is 41.4 Å². The van der Waals surface area contributed by atoms with Crippen molar-refractivity contribution in [3.8, 4) is 17.3 Å². The number of aryl methyl sites for hydroxylation is 1. The first-order chi connectivity index (χ1) is 14.0. The summed E-state index contributed by atoms with van der Waals surface area (Å²) in [4.78, 5) is 0.222. The van der Waals surface area contributed by atoms with Crippen molar-refractivity contribution >= 4 is 15.7 Å². The highest BCUT2D eigenvalue weighted by Gasteiger charge is 2.13. The fraction of sp³-hybridized carbons (Fsp3) is 0.150. The number of nitrogens with zero attached hydrogens (tertiary/aromatic N) is 4. The van der Waals surface area contributed by atoms with Crippen LogP contribution in [0.5, 0.6) is 5.88 Å². The Morgan fingerprint density at radius 2 is 1.72 bits per heavy atom. The zero-order valence-electron chi connectivity index (χ0n) is 15.7. The average molecular weight is 409 g/mol. The SMILES string of the molecule is Cc1ccc(S(=O)(=O)NCCOc2ccc3nnc(-c4ccccc4)n3n2)cc1. The third kappa shape index (κ3) is 4.25. The highest BCUT2D eigenvalue weighted by Crippen LogP contribution is 2.18. The Hall–Kier alpha value is -3.30. The quantitative estimate of drug-likeness (QED) is 0.471. The molecule has 0 amide bonds. The molecule has 2 aromatic carbocycles. The van der Waals surface area contributed by atoms with Crippen molar-refractivity contribution in [1.82, 2.24) is 24.5 Å². The first-order valence-corrected chi connectivity index (χ1v) is 10.5. The van der Waals surface area contributed by atoms with Crippen molar-refractivity contribution in [2.75, 3.05) is 13.2 Å². The molecule has 0 spiro atoms. The summed E-state index contributed by atoms with van der Waals surface area (Å²) >= 11 is 0. The van der Waals surface area contributed by atoms with Crippen LogP contribution in [0.3, 0.4) is 0 Å². The highest BCUT2D eigenvalue weighted by molar-refractivity contribution is 7.89. The van der Waals surface area contributed by atoms with Crippen LogP contribution in [0, 0.1) is 6.92 Å². The molecule has 2 heterocycles. The van der Waals surface area contributed by atoms with E-state index in [1.807, 2.05) is 37.3 Å². The molecule has 0 aliphatic rings. The maximum absolute atomic E-state index is 12.3. The Labute approximate surface area is 168 Å². The lowest BCUT2D eigenvalue weighted by molar-refractivity contribution is 0.306. The number of ether oxygens (including phenoxy) is 1. The van der Waals surface area contributed by atoms with Gasteiger partial charge in [-0.15, -0.1) is 15.3 Å². The summed E-state index contributed by atoms with van der Waals surface area (Å²) < 4.78 is 34.3. The number of rotatable bonds is 7. The second kappa shape index (κ2) is 7.98. The van der Waals surface area contributed by atoms with Gasteiger partial charge in [0.05, 0.1) is 4.90 Å². The van der Waals surface area contributed by atoms with Crippen molar-refractivity contribution in [3.63, 3.8) is 0 Å². The number of aromatic nitrogens is 4. The van der Waals surface area contributed by atoms with Gasteiger partial charge < -0.3 is 4.74 Å². The normalized spacial score (nSPS) is 11.6. The molecule has 1 N–H and O–H groups in total. The third-order valence-electron chi connectivity index (χ3n) is 4.25. The summed E-state index contributed by atoms with van der Waals surface area (Å²) in [5.41, 5.74) is 2.48. The Morgan fingerprint density at radius 1 is 0.966 bits per heavy atom. The molecule has 0 fully saturated rings. The molecule has 0 radical (unpaired) electrons. The number of hydrogen-bond acceptors (Lipinski definition) is 6. The first kappa shape index (κ1) is 19.0. The van der Waals surface area contributed by atoms with Crippen molar-refractivity contribution in [2.45, 2.75) is 11.8 Å². The fourth-order valence-electron chi connectivity index (χ4n) is 2.75. The minimum Gasteiger partial charge on any atom is -0.475 e. The van der Waals surface area contributed by atoms with Crippen LogP contribution in [0.25, 0.3) is 17.0 Å². The van der Waals surface area contributed by atoms with Crippen molar-refractivity contribution in [1.29, 1.82) is 0 Å². The van der Waals surface area contributed by atoms with Crippen LogP contribution in [-0.2, 0) is 10.0 Å². The molecule has 0 bridgehead atoms. The van der Waals surface area contributed by atoms with E-state index in [0.29, 0.717) is 17.4 Å². The monoisotopic (exact) mass is 409 g/mol.